The fraction of sp³-hybridized carbons (Fsp3) is 0.0769. The number of aromatic nitrogens is 1. The molecule has 2 aromatic rings. The number of nitrogens with zero attached hydrogens (tertiary/aromatic N) is 2. The summed E-state index contributed by atoms with van der Waals surface area (Å²) < 4.78 is 14.3. The highest BCUT2D eigenvalue weighted by atomic mass is 79.9. The van der Waals surface area contributed by atoms with E-state index in [0.29, 0.717) is 10.3 Å². The number of rotatable bonds is 2. The fourth-order valence-electron chi connectivity index (χ4n) is 1.50. The van der Waals surface area contributed by atoms with Crippen molar-refractivity contribution in [1.29, 1.82) is 0 Å². The molecule has 0 spiro atoms. The van der Waals surface area contributed by atoms with E-state index < -0.39 is 11.7 Å². The summed E-state index contributed by atoms with van der Waals surface area (Å²) in [5.41, 5.74) is 0.0116. The zero-order valence-electron chi connectivity index (χ0n) is 9.60. The zero-order chi connectivity index (χ0) is 13.1. The zero-order valence-corrected chi connectivity index (χ0v) is 11.2. The minimum Gasteiger partial charge on any atom is -0.296 e. The first-order valence-electron chi connectivity index (χ1n) is 5.24. The van der Waals surface area contributed by atoms with Crippen molar-refractivity contribution >= 4 is 27.7 Å². The van der Waals surface area contributed by atoms with Crippen molar-refractivity contribution in [3.8, 4) is 0 Å². The van der Waals surface area contributed by atoms with Crippen molar-refractivity contribution in [1.82, 2.24) is 4.98 Å². The van der Waals surface area contributed by atoms with Gasteiger partial charge in [0.25, 0.3) is 5.91 Å². The first-order valence-corrected chi connectivity index (χ1v) is 6.03. The maximum absolute atomic E-state index is 13.6. The molecule has 0 saturated carbocycles. The Balaban J connectivity index is 2.34. The van der Waals surface area contributed by atoms with Crippen molar-refractivity contribution in [3.63, 3.8) is 0 Å². The number of pyridine rings is 1. The first-order chi connectivity index (χ1) is 8.59. The van der Waals surface area contributed by atoms with E-state index in [1.165, 1.54) is 17.0 Å². The van der Waals surface area contributed by atoms with Crippen molar-refractivity contribution in [2.75, 3.05) is 11.9 Å². The topological polar surface area (TPSA) is 33.2 Å². The summed E-state index contributed by atoms with van der Waals surface area (Å²) in [6.07, 6.45) is 1.58. The molecule has 92 valence electrons. The summed E-state index contributed by atoms with van der Waals surface area (Å²) in [4.78, 5) is 17.5. The van der Waals surface area contributed by atoms with E-state index in [1.54, 1.807) is 37.5 Å². The van der Waals surface area contributed by atoms with Gasteiger partial charge in [0, 0.05) is 17.7 Å². The molecule has 0 unspecified atom stereocenters. The lowest BCUT2D eigenvalue weighted by Gasteiger charge is -2.16. The van der Waals surface area contributed by atoms with Crippen molar-refractivity contribution in [3.05, 3.63) is 58.4 Å². The van der Waals surface area contributed by atoms with E-state index in [2.05, 4.69) is 20.9 Å². The Hall–Kier alpha value is -1.75. The Morgan fingerprint density at radius 3 is 2.78 bits per heavy atom. The van der Waals surface area contributed by atoms with Gasteiger partial charge >= 0.3 is 0 Å². The van der Waals surface area contributed by atoms with Crippen LogP contribution in [0.25, 0.3) is 0 Å². The number of amides is 1. The molecule has 0 aliphatic carbocycles. The second kappa shape index (κ2) is 5.27. The Labute approximate surface area is 112 Å². The standard InChI is InChI=1S/C13H10BrFN2O/c1-17(12-4-2-3-7-16-12)13(18)10-8-9(14)5-6-11(10)15/h2-8H,1H3. The van der Waals surface area contributed by atoms with E-state index in [0.717, 1.165) is 0 Å². The number of carbonyl (C=O) groups is 1. The highest BCUT2D eigenvalue weighted by Gasteiger charge is 2.18. The van der Waals surface area contributed by atoms with Crippen LogP contribution in [0.2, 0.25) is 0 Å². The summed E-state index contributed by atoms with van der Waals surface area (Å²) in [6, 6.07) is 9.46. The summed E-state index contributed by atoms with van der Waals surface area (Å²) in [6.45, 7) is 0. The largest absolute Gasteiger partial charge is 0.296 e. The fourth-order valence-corrected chi connectivity index (χ4v) is 1.86. The molecule has 1 aromatic carbocycles. The van der Waals surface area contributed by atoms with Gasteiger partial charge in [0.05, 0.1) is 5.56 Å². The molecule has 0 aliphatic heterocycles. The van der Waals surface area contributed by atoms with Gasteiger partial charge in [0.1, 0.15) is 11.6 Å². The second-order valence-electron chi connectivity index (χ2n) is 3.68. The van der Waals surface area contributed by atoms with Crippen molar-refractivity contribution in [2.24, 2.45) is 0 Å². The molecule has 5 heteroatoms. The second-order valence-corrected chi connectivity index (χ2v) is 4.59. The van der Waals surface area contributed by atoms with Gasteiger partial charge in [-0.05, 0) is 30.3 Å². The Morgan fingerprint density at radius 2 is 2.11 bits per heavy atom. The van der Waals surface area contributed by atoms with Gasteiger partial charge < -0.3 is 0 Å². The molecule has 0 saturated heterocycles. The molecule has 0 atom stereocenters. The van der Waals surface area contributed by atoms with Gasteiger partial charge in [-0.3, -0.25) is 9.69 Å². The molecule has 3 nitrogen and oxygen atoms in total. The van der Waals surface area contributed by atoms with Gasteiger partial charge in [0.2, 0.25) is 0 Å². The van der Waals surface area contributed by atoms with E-state index in [4.69, 9.17) is 0 Å². The van der Waals surface area contributed by atoms with E-state index in [9.17, 15) is 9.18 Å². The maximum atomic E-state index is 13.6. The number of carbonyl (C=O) groups excluding carboxylic acids is 1. The van der Waals surface area contributed by atoms with Crippen LogP contribution in [-0.4, -0.2) is 17.9 Å². The first kappa shape index (κ1) is 12.7. The summed E-state index contributed by atoms with van der Waals surface area (Å²) >= 11 is 3.22. The minimum atomic E-state index is -0.550. The van der Waals surface area contributed by atoms with Crippen LogP contribution in [0.3, 0.4) is 0 Å². The van der Waals surface area contributed by atoms with Crippen LogP contribution in [0.15, 0.2) is 47.1 Å². The molecule has 0 bridgehead atoms. The van der Waals surface area contributed by atoms with Gasteiger partial charge in [-0.2, -0.15) is 0 Å². The Kier molecular flexibility index (Phi) is 3.72. The number of halogens is 2. The monoisotopic (exact) mass is 308 g/mol. The molecule has 1 heterocycles. The normalized spacial score (nSPS) is 10.2. The van der Waals surface area contributed by atoms with E-state index in [1.807, 2.05) is 0 Å². The predicted molar refractivity (Wildman–Crippen MR) is 71.1 cm³/mol. The van der Waals surface area contributed by atoms with Crippen LogP contribution in [0.5, 0.6) is 0 Å². The van der Waals surface area contributed by atoms with Crippen LogP contribution in [0, 0.1) is 5.82 Å². The number of benzene rings is 1. The highest BCUT2D eigenvalue weighted by Crippen LogP contribution is 2.19. The van der Waals surface area contributed by atoms with Crippen molar-refractivity contribution in [2.45, 2.75) is 0 Å². The van der Waals surface area contributed by atoms with Gasteiger partial charge in [-0.1, -0.05) is 22.0 Å². The molecule has 0 aliphatic rings. The Bertz CT molecular complexity index is 574. The highest BCUT2D eigenvalue weighted by molar-refractivity contribution is 9.10. The van der Waals surface area contributed by atoms with Crippen LogP contribution in [-0.2, 0) is 0 Å². The molecule has 0 fully saturated rings. The third-order valence-electron chi connectivity index (χ3n) is 2.46. The molecule has 2 rings (SSSR count). The lowest BCUT2D eigenvalue weighted by Crippen LogP contribution is -2.27. The van der Waals surface area contributed by atoms with Gasteiger partial charge in [0.15, 0.2) is 0 Å². The lowest BCUT2D eigenvalue weighted by molar-refractivity contribution is 0.0988. The Morgan fingerprint density at radius 1 is 1.33 bits per heavy atom. The molecule has 0 radical (unpaired) electrons. The molecule has 1 aromatic heterocycles. The van der Waals surface area contributed by atoms with Crippen LogP contribution in [0.4, 0.5) is 10.2 Å². The molecular formula is C13H10BrFN2O. The van der Waals surface area contributed by atoms with E-state index >= 15 is 0 Å². The summed E-state index contributed by atoms with van der Waals surface area (Å²) in [5.74, 6) is -0.514. The van der Waals surface area contributed by atoms with E-state index in [-0.39, 0.29) is 5.56 Å². The minimum absolute atomic E-state index is 0.0116. The smallest absolute Gasteiger partial charge is 0.262 e. The van der Waals surface area contributed by atoms with Crippen LogP contribution < -0.4 is 4.90 Å². The third kappa shape index (κ3) is 2.56. The predicted octanol–water partition coefficient (Wildman–Crippen LogP) is 3.26. The summed E-state index contributed by atoms with van der Waals surface area (Å²) in [5, 5.41) is 0. The summed E-state index contributed by atoms with van der Waals surface area (Å²) in [7, 11) is 1.56. The van der Waals surface area contributed by atoms with Crippen LogP contribution >= 0.6 is 15.9 Å². The SMILES string of the molecule is CN(C(=O)c1cc(Br)ccc1F)c1ccccn1. The average molecular weight is 309 g/mol. The number of anilines is 1. The third-order valence-corrected chi connectivity index (χ3v) is 2.95. The lowest BCUT2D eigenvalue weighted by atomic mass is 10.2. The quantitative estimate of drug-likeness (QED) is 0.853. The molecular weight excluding hydrogens is 299 g/mol. The number of hydrogen-bond acceptors (Lipinski definition) is 2. The number of hydrogen-bond donors (Lipinski definition) is 0. The van der Waals surface area contributed by atoms with Gasteiger partial charge in [-0.25, -0.2) is 9.37 Å². The van der Waals surface area contributed by atoms with Crippen molar-refractivity contribution < 1.29 is 9.18 Å². The van der Waals surface area contributed by atoms with Gasteiger partial charge in [-0.15, -0.1) is 0 Å². The molecule has 1 amide bonds. The maximum Gasteiger partial charge on any atom is 0.262 e. The van der Waals surface area contributed by atoms with Crippen LogP contribution in [0.1, 0.15) is 10.4 Å². The average Bonchev–Trinajstić information content (AvgIpc) is 2.41. The molecule has 18 heavy (non-hydrogen) atoms. The molecule has 0 N–H and O–H groups in total.